The van der Waals surface area contributed by atoms with Crippen LogP contribution < -0.4 is 10.7 Å². The molecule has 0 aliphatic rings. The Morgan fingerprint density at radius 3 is 2.68 bits per heavy atom. The summed E-state index contributed by atoms with van der Waals surface area (Å²) in [6.45, 7) is 5.84. The average Bonchev–Trinajstić information content (AvgIpc) is 2.46. The zero-order chi connectivity index (χ0) is 14.1. The van der Waals surface area contributed by atoms with Crippen molar-refractivity contribution in [3.63, 3.8) is 0 Å². The van der Waals surface area contributed by atoms with Gasteiger partial charge in [0.2, 0.25) is 5.71 Å². The molecule has 0 aliphatic carbocycles. The summed E-state index contributed by atoms with van der Waals surface area (Å²) in [5.41, 5.74) is 4.39. The van der Waals surface area contributed by atoms with E-state index in [2.05, 4.69) is 29.3 Å². The summed E-state index contributed by atoms with van der Waals surface area (Å²) < 4.78 is 0. The predicted octanol–water partition coefficient (Wildman–Crippen LogP) is 1.84. The molecule has 1 amide bonds. The lowest BCUT2D eigenvalue weighted by Gasteiger charge is -2.03. The molecule has 0 aromatic heterocycles. The van der Waals surface area contributed by atoms with Crippen LogP contribution in [0, 0.1) is 11.3 Å². The van der Waals surface area contributed by atoms with Crippen LogP contribution in [-0.4, -0.2) is 18.2 Å². The van der Waals surface area contributed by atoms with Gasteiger partial charge in [0.25, 0.3) is 5.91 Å². The Kier molecular flexibility index (Phi) is 5.83. The van der Waals surface area contributed by atoms with Gasteiger partial charge in [-0.25, -0.2) is 0 Å². The summed E-state index contributed by atoms with van der Waals surface area (Å²) in [6.07, 6.45) is 2.49. The molecule has 19 heavy (non-hydrogen) atoms. The van der Waals surface area contributed by atoms with Crippen molar-refractivity contribution < 1.29 is 4.79 Å². The maximum absolute atomic E-state index is 11.5. The number of carbonyl (C=O) groups is 1. The highest BCUT2D eigenvalue weighted by molar-refractivity contribution is 6.45. The molecule has 5 nitrogen and oxygen atoms in total. The fourth-order valence-corrected chi connectivity index (χ4v) is 1.31. The van der Waals surface area contributed by atoms with Gasteiger partial charge in [0.1, 0.15) is 6.07 Å². The van der Waals surface area contributed by atoms with Crippen LogP contribution in [0.5, 0.6) is 0 Å². The summed E-state index contributed by atoms with van der Waals surface area (Å²) in [4.78, 5) is 11.5. The molecule has 1 aromatic rings. The Hall–Kier alpha value is -2.61. The van der Waals surface area contributed by atoms with Gasteiger partial charge in [-0.15, -0.1) is 6.58 Å². The van der Waals surface area contributed by atoms with Crippen molar-refractivity contribution in [3.05, 3.63) is 42.5 Å². The van der Waals surface area contributed by atoms with Crippen LogP contribution in [0.15, 0.2) is 42.0 Å². The number of nitrogens with one attached hydrogen (secondary N) is 2. The zero-order valence-corrected chi connectivity index (χ0v) is 10.8. The highest BCUT2D eigenvalue weighted by Gasteiger charge is 2.09. The lowest BCUT2D eigenvalue weighted by atomic mass is 10.2. The van der Waals surface area contributed by atoms with E-state index in [1.165, 1.54) is 11.6 Å². The standard InChI is InChI=1S/C14H16N4O/c1-3-9-16-14(19)13(10-15)18-17-12-7-5-11(4-2)6-8-12/h3,5-8,17H,1,4,9H2,2H3,(H,16,19)/b18-13+. The molecule has 0 unspecified atom stereocenters. The minimum absolute atomic E-state index is 0.221. The van der Waals surface area contributed by atoms with Gasteiger partial charge in [-0.2, -0.15) is 10.4 Å². The van der Waals surface area contributed by atoms with Gasteiger partial charge >= 0.3 is 0 Å². The number of aryl methyl sites for hydroxylation is 1. The number of nitrogens with zero attached hydrogens (tertiary/aromatic N) is 2. The van der Waals surface area contributed by atoms with E-state index in [0.717, 1.165) is 12.1 Å². The minimum Gasteiger partial charge on any atom is -0.347 e. The van der Waals surface area contributed by atoms with Crippen LogP contribution in [0.1, 0.15) is 12.5 Å². The average molecular weight is 256 g/mol. The highest BCUT2D eigenvalue weighted by atomic mass is 16.1. The fourth-order valence-electron chi connectivity index (χ4n) is 1.31. The molecule has 0 atom stereocenters. The molecule has 0 spiro atoms. The van der Waals surface area contributed by atoms with Crippen molar-refractivity contribution in [1.29, 1.82) is 5.26 Å². The molecule has 0 heterocycles. The second-order valence-electron chi connectivity index (χ2n) is 3.73. The van der Waals surface area contributed by atoms with E-state index in [9.17, 15) is 4.79 Å². The van der Waals surface area contributed by atoms with E-state index in [-0.39, 0.29) is 5.71 Å². The number of rotatable bonds is 6. The number of anilines is 1. The first-order valence-corrected chi connectivity index (χ1v) is 5.93. The Bertz CT molecular complexity index is 511. The first-order chi connectivity index (χ1) is 9.21. The Balaban J connectivity index is 2.68. The number of hydrogen-bond donors (Lipinski definition) is 2. The Morgan fingerprint density at radius 1 is 1.47 bits per heavy atom. The minimum atomic E-state index is -0.528. The zero-order valence-electron chi connectivity index (χ0n) is 10.8. The van der Waals surface area contributed by atoms with Crippen molar-refractivity contribution in [2.75, 3.05) is 12.0 Å². The van der Waals surface area contributed by atoms with E-state index < -0.39 is 5.91 Å². The summed E-state index contributed by atoms with van der Waals surface area (Å²) in [5, 5.41) is 15.1. The molecule has 1 aromatic carbocycles. The summed E-state index contributed by atoms with van der Waals surface area (Å²) >= 11 is 0. The molecule has 0 fully saturated rings. The largest absolute Gasteiger partial charge is 0.347 e. The Morgan fingerprint density at radius 2 is 2.16 bits per heavy atom. The van der Waals surface area contributed by atoms with Crippen molar-refractivity contribution in [2.24, 2.45) is 5.10 Å². The SMILES string of the molecule is C=CCNC(=O)/C(C#N)=N/Nc1ccc(CC)cc1. The van der Waals surface area contributed by atoms with Gasteiger partial charge in [0.15, 0.2) is 0 Å². The molecular formula is C14H16N4O. The number of benzene rings is 1. The van der Waals surface area contributed by atoms with E-state index in [0.29, 0.717) is 6.54 Å². The van der Waals surface area contributed by atoms with Crippen LogP contribution >= 0.6 is 0 Å². The lowest BCUT2D eigenvalue weighted by Crippen LogP contribution is -2.30. The second-order valence-corrected chi connectivity index (χ2v) is 3.73. The molecule has 0 bridgehead atoms. The van der Waals surface area contributed by atoms with Crippen LogP contribution in [0.25, 0.3) is 0 Å². The third-order valence-corrected chi connectivity index (χ3v) is 2.39. The number of amides is 1. The topological polar surface area (TPSA) is 77.3 Å². The number of hydrazone groups is 1. The maximum Gasteiger partial charge on any atom is 0.282 e. The molecule has 0 saturated carbocycles. The van der Waals surface area contributed by atoms with E-state index in [1.54, 1.807) is 6.07 Å². The van der Waals surface area contributed by atoms with Crippen molar-refractivity contribution >= 4 is 17.3 Å². The quantitative estimate of drug-likeness (QED) is 0.463. The van der Waals surface area contributed by atoms with Crippen LogP contribution in [0.3, 0.4) is 0 Å². The van der Waals surface area contributed by atoms with E-state index >= 15 is 0 Å². The number of nitriles is 1. The molecule has 0 saturated heterocycles. The van der Waals surface area contributed by atoms with Gasteiger partial charge in [-0.05, 0) is 24.1 Å². The molecule has 0 radical (unpaired) electrons. The van der Waals surface area contributed by atoms with Crippen molar-refractivity contribution in [1.82, 2.24) is 5.32 Å². The predicted molar refractivity (Wildman–Crippen MR) is 75.7 cm³/mol. The molecule has 5 heteroatoms. The Labute approximate surface area is 112 Å². The molecule has 1 rings (SSSR count). The second kappa shape index (κ2) is 7.67. The van der Waals surface area contributed by atoms with E-state index in [4.69, 9.17) is 5.26 Å². The lowest BCUT2D eigenvalue weighted by molar-refractivity contribution is -0.114. The van der Waals surface area contributed by atoms with Crippen LogP contribution in [-0.2, 0) is 11.2 Å². The van der Waals surface area contributed by atoms with Crippen LogP contribution in [0.4, 0.5) is 5.69 Å². The third kappa shape index (κ3) is 4.64. The smallest absolute Gasteiger partial charge is 0.282 e. The number of carbonyl (C=O) groups excluding carboxylic acids is 1. The van der Waals surface area contributed by atoms with Crippen molar-refractivity contribution in [2.45, 2.75) is 13.3 Å². The fraction of sp³-hybridized carbons (Fsp3) is 0.214. The number of hydrogen-bond acceptors (Lipinski definition) is 4. The van der Waals surface area contributed by atoms with Gasteiger partial charge in [0.05, 0.1) is 5.69 Å². The summed E-state index contributed by atoms with van der Waals surface area (Å²) in [6, 6.07) is 9.36. The van der Waals surface area contributed by atoms with Gasteiger partial charge in [-0.3, -0.25) is 10.2 Å². The first kappa shape index (κ1) is 14.5. The molecule has 0 aliphatic heterocycles. The summed E-state index contributed by atoms with van der Waals surface area (Å²) in [7, 11) is 0. The highest BCUT2D eigenvalue weighted by Crippen LogP contribution is 2.09. The maximum atomic E-state index is 11.5. The van der Waals surface area contributed by atoms with Gasteiger partial charge in [0, 0.05) is 6.54 Å². The molecular weight excluding hydrogens is 240 g/mol. The first-order valence-electron chi connectivity index (χ1n) is 5.93. The third-order valence-electron chi connectivity index (χ3n) is 2.39. The van der Waals surface area contributed by atoms with Crippen molar-refractivity contribution in [3.8, 4) is 6.07 Å². The molecule has 98 valence electrons. The summed E-state index contributed by atoms with van der Waals surface area (Å²) in [5.74, 6) is -0.528. The van der Waals surface area contributed by atoms with Crippen LogP contribution in [0.2, 0.25) is 0 Å². The van der Waals surface area contributed by atoms with Gasteiger partial charge in [-0.1, -0.05) is 25.1 Å². The molecule has 2 N–H and O–H groups in total. The normalized spacial score (nSPS) is 10.4. The monoisotopic (exact) mass is 256 g/mol. The van der Waals surface area contributed by atoms with E-state index in [1.807, 2.05) is 24.3 Å². The van der Waals surface area contributed by atoms with Gasteiger partial charge < -0.3 is 5.32 Å².